The molecule has 18 heavy (non-hydrogen) atoms. The molecule has 3 rings (SSSR count). The molecule has 0 aliphatic carbocycles. The molecule has 1 fully saturated rings. The fourth-order valence-electron chi connectivity index (χ4n) is 2.14. The van der Waals surface area contributed by atoms with E-state index < -0.39 is 0 Å². The van der Waals surface area contributed by atoms with Crippen LogP contribution in [0.2, 0.25) is 5.02 Å². The normalized spacial score (nSPS) is 15.7. The van der Waals surface area contributed by atoms with Crippen LogP contribution >= 0.6 is 11.6 Å². The van der Waals surface area contributed by atoms with Crippen molar-refractivity contribution in [1.82, 2.24) is 14.9 Å². The monoisotopic (exact) mass is 265 g/mol. The summed E-state index contributed by atoms with van der Waals surface area (Å²) in [6.07, 6.45) is 3.71. The summed E-state index contributed by atoms with van der Waals surface area (Å²) in [5.74, 6) is 0.151. The first-order valence-corrected chi connectivity index (χ1v) is 6.26. The average Bonchev–Trinajstić information content (AvgIpc) is 2.70. The molecule has 0 atom stereocenters. The van der Waals surface area contributed by atoms with Crippen molar-refractivity contribution in [2.45, 2.75) is 12.5 Å². The zero-order valence-corrected chi connectivity index (χ0v) is 10.5. The molecule has 1 aromatic heterocycles. The van der Waals surface area contributed by atoms with E-state index >= 15 is 0 Å². The molecule has 1 saturated heterocycles. The minimum Gasteiger partial charge on any atom is -0.330 e. The van der Waals surface area contributed by atoms with Crippen LogP contribution < -0.4 is 5.32 Å². The third-order valence-electron chi connectivity index (χ3n) is 3.28. The van der Waals surface area contributed by atoms with E-state index in [2.05, 4.69) is 14.9 Å². The van der Waals surface area contributed by atoms with Gasteiger partial charge in [-0.2, -0.15) is 0 Å². The van der Waals surface area contributed by atoms with E-state index in [1.807, 2.05) is 12.5 Å². The standard InChI is InChI=1S/C13H13ClFN3/c14-11-3-9(1-2-12(11)15)7-18-8-17-6-13(18)10-4-16-5-10/h1-3,6,8,10,16H,4-5,7H2. The van der Waals surface area contributed by atoms with E-state index in [1.165, 1.54) is 11.8 Å². The van der Waals surface area contributed by atoms with Crippen LogP contribution in [0.5, 0.6) is 0 Å². The van der Waals surface area contributed by atoms with Crippen molar-refractivity contribution in [3.63, 3.8) is 0 Å². The smallest absolute Gasteiger partial charge is 0.141 e. The number of hydrogen-bond acceptors (Lipinski definition) is 2. The Hall–Kier alpha value is -1.39. The molecule has 0 unspecified atom stereocenters. The first kappa shape index (κ1) is 11.7. The Morgan fingerprint density at radius 1 is 1.44 bits per heavy atom. The second kappa shape index (κ2) is 4.71. The van der Waals surface area contributed by atoms with Crippen molar-refractivity contribution in [3.8, 4) is 0 Å². The maximum atomic E-state index is 13.1. The quantitative estimate of drug-likeness (QED) is 0.924. The predicted molar refractivity (Wildman–Crippen MR) is 68.3 cm³/mol. The van der Waals surface area contributed by atoms with E-state index in [-0.39, 0.29) is 10.8 Å². The summed E-state index contributed by atoms with van der Waals surface area (Å²) in [4.78, 5) is 4.19. The van der Waals surface area contributed by atoms with Crippen LogP contribution in [-0.4, -0.2) is 22.6 Å². The van der Waals surface area contributed by atoms with Gasteiger partial charge in [0, 0.05) is 37.4 Å². The van der Waals surface area contributed by atoms with Crippen molar-refractivity contribution in [1.29, 1.82) is 0 Å². The van der Waals surface area contributed by atoms with Gasteiger partial charge in [-0.1, -0.05) is 17.7 Å². The van der Waals surface area contributed by atoms with E-state index in [4.69, 9.17) is 11.6 Å². The number of hydrogen-bond donors (Lipinski definition) is 1. The summed E-state index contributed by atoms with van der Waals surface area (Å²) in [7, 11) is 0. The van der Waals surface area contributed by atoms with Gasteiger partial charge < -0.3 is 9.88 Å². The fourth-order valence-corrected chi connectivity index (χ4v) is 2.34. The summed E-state index contributed by atoms with van der Waals surface area (Å²) < 4.78 is 15.2. The maximum absolute atomic E-state index is 13.1. The number of halogens is 2. The van der Waals surface area contributed by atoms with Crippen LogP contribution in [0, 0.1) is 5.82 Å². The summed E-state index contributed by atoms with van der Waals surface area (Å²) in [6, 6.07) is 4.82. The Balaban J connectivity index is 1.83. The molecular formula is C13H13ClFN3. The first-order chi connectivity index (χ1) is 8.74. The predicted octanol–water partition coefficient (Wildman–Crippen LogP) is 2.41. The lowest BCUT2D eigenvalue weighted by Crippen LogP contribution is -2.40. The van der Waals surface area contributed by atoms with E-state index in [0.717, 1.165) is 18.7 Å². The minimum absolute atomic E-state index is 0.166. The molecule has 3 nitrogen and oxygen atoms in total. The lowest BCUT2D eigenvalue weighted by Gasteiger charge is -2.27. The number of rotatable bonds is 3. The summed E-state index contributed by atoms with van der Waals surface area (Å²) in [5, 5.41) is 3.41. The molecule has 94 valence electrons. The Labute approximate surface area is 110 Å². The number of benzene rings is 1. The van der Waals surface area contributed by atoms with Gasteiger partial charge in [0.1, 0.15) is 5.82 Å². The first-order valence-electron chi connectivity index (χ1n) is 5.88. The van der Waals surface area contributed by atoms with Gasteiger partial charge in [-0.25, -0.2) is 9.37 Å². The van der Waals surface area contributed by atoms with E-state index in [9.17, 15) is 4.39 Å². The molecule has 1 aliphatic rings. The molecule has 0 amide bonds. The van der Waals surface area contributed by atoms with Crippen LogP contribution in [0.4, 0.5) is 4.39 Å². The second-order valence-electron chi connectivity index (χ2n) is 4.55. The van der Waals surface area contributed by atoms with E-state index in [1.54, 1.807) is 12.1 Å². The molecule has 1 aromatic carbocycles. The Morgan fingerprint density at radius 2 is 2.28 bits per heavy atom. The summed E-state index contributed by atoms with van der Waals surface area (Å²) >= 11 is 5.78. The zero-order valence-electron chi connectivity index (χ0n) is 9.74. The highest BCUT2D eigenvalue weighted by Crippen LogP contribution is 2.21. The molecule has 0 radical (unpaired) electrons. The highest BCUT2D eigenvalue weighted by molar-refractivity contribution is 6.30. The molecule has 5 heteroatoms. The number of nitrogens with zero attached hydrogens (tertiary/aromatic N) is 2. The summed E-state index contributed by atoms with van der Waals surface area (Å²) in [5.41, 5.74) is 2.20. The van der Waals surface area contributed by atoms with Crippen molar-refractivity contribution in [3.05, 3.63) is 52.8 Å². The molecular weight excluding hydrogens is 253 g/mol. The van der Waals surface area contributed by atoms with Crippen LogP contribution in [0.3, 0.4) is 0 Å². The van der Waals surface area contributed by atoms with Crippen molar-refractivity contribution >= 4 is 11.6 Å². The second-order valence-corrected chi connectivity index (χ2v) is 4.96. The van der Waals surface area contributed by atoms with E-state index in [0.29, 0.717) is 12.5 Å². The largest absolute Gasteiger partial charge is 0.330 e. The summed E-state index contributed by atoms with van der Waals surface area (Å²) in [6.45, 7) is 2.66. The molecule has 0 saturated carbocycles. The molecule has 2 heterocycles. The topological polar surface area (TPSA) is 29.9 Å². The average molecular weight is 266 g/mol. The van der Waals surface area contributed by atoms with Crippen molar-refractivity contribution < 1.29 is 4.39 Å². The molecule has 0 bridgehead atoms. The number of nitrogens with one attached hydrogen (secondary N) is 1. The minimum atomic E-state index is -0.380. The molecule has 2 aromatic rings. The molecule has 0 spiro atoms. The highest BCUT2D eigenvalue weighted by Gasteiger charge is 2.22. The number of imidazole rings is 1. The Bertz CT molecular complexity index is 563. The Kier molecular flexibility index (Phi) is 3.06. The number of aromatic nitrogens is 2. The Morgan fingerprint density at radius 3 is 2.94 bits per heavy atom. The van der Waals surface area contributed by atoms with Gasteiger partial charge in [-0.3, -0.25) is 0 Å². The van der Waals surface area contributed by atoms with Crippen LogP contribution in [0.25, 0.3) is 0 Å². The third kappa shape index (κ3) is 2.13. The van der Waals surface area contributed by atoms with Crippen molar-refractivity contribution in [2.75, 3.05) is 13.1 Å². The zero-order chi connectivity index (χ0) is 12.5. The van der Waals surface area contributed by atoms with Gasteiger partial charge in [-0.15, -0.1) is 0 Å². The molecule has 1 aliphatic heterocycles. The molecule has 1 N–H and O–H groups in total. The van der Waals surface area contributed by atoms with Crippen LogP contribution in [-0.2, 0) is 6.54 Å². The lowest BCUT2D eigenvalue weighted by molar-refractivity contribution is 0.427. The van der Waals surface area contributed by atoms with Gasteiger partial charge >= 0.3 is 0 Å². The van der Waals surface area contributed by atoms with Crippen LogP contribution in [0.1, 0.15) is 17.2 Å². The van der Waals surface area contributed by atoms with Gasteiger partial charge in [0.15, 0.2) is 0 Å². The van der Waals surface area contributed by atoms with Gasteiger partial charge in [-0.05, 0) is 17.7 Å². The highest BCUT2D eigenvalue weighted by atomic mass is 35.5. The fraction of sp³-hybridized carbons (Fsp3) is 0.308. The maximum Gasteiger partial charge on any atom is 0.141 e. The van der Waals surface area contributed by atoms with Gasteiger partial charge in [0.05, 0.1) is 11.3 Å². The van der Waals surface area contributed by atoms with Gasteiger partial charge in [0.2, 0.25) is 0 Å². The lowest BCUT2D eigenvalue weighted by atomic mass is 10.00. The van der Waals surface area contributed by atoms with Crippen molar-refractivity contribution in [2.24, 2.45) is 0 Å². The SMILES string of the molecule is Fc1ccc(Cn2cncc2C2CNC2)cc1Cl. The third-order valence-corrected chi connectivity index (χ3v) is 3.57. The van der Waals surface area contributed by atoms with Gasteiger partial charge in [0.25, 0.3) is 0 Å². The van der Waals surface area contributed by atoms with Crippen LogP contribution in [0.15, 0.2) is 30.7 Å².